The summed E-state index contributed by atoms with van der Waals surface area (Å²) in [6, 6.07) is 0.706. The molecule has 1 unspecified atom stereocenters. The second kappa shape index (κ2) is 12.0. The molecule has 0 aromatic carbocycles. The molecule has 0 fully saturated rings. The van der Waals surface area contributed by atoms with Gasteiger partial charge in [-0.3, -0.25) is 0 Å². The fourth-order valence-corrected chi connectivity index (χ4v) is 1.08. The Morgan fingerprint density at radius 1 is 1.00 bits per heavy atom. The lowest BCUT2D eigenvalue weighted by Gasteiger charge is -2.13. The Bertz CT molecular complexity index is 79.2. The molecule has 0 aliphatic carbocycles. The molecular weight excluding hydrogens is 158 g/mol. The predicted molar refractivity (Wildman–Crippen MR) is 63.2 cm³/mol. The summed E-state index contributed by atoms with van der Waals surface area (Å²) < 4.78 is 0. The van der Waals surface area contributed by atoms with Gasteiger partial charge >= 0.3 is 0 Å². The average molecular weight is 187 g/mol. The van der Waals surface area contributed by atoms with Gasteiger partial charge in [0.15, 0.2) is 0 Å². The van der Waals surface area contributed by atoms with E-state index >= 15 is 0 Å². The van der Waals surface area contributed by atoms with Gasteiger partial charge < -0.3 is 5.32 Å². The van der Waals surface area contributed by atoms with Crippen LogP contribution in [0.1, 0.15) is 60.8 Å². The van der Waals surface area contributed by atoms with Crippen molar-refractivity contribution in [3.63, 3.8) is 0 Å². The second-order valence-electron chi connectivity index (χ2n) is 3.83. The molecule has 13 heavy (non-hydrogen) atoms. The van der Waals surface area contributed by atoms with E-state index in [0.29, 0.717) is 6.04 Å². The van der Waals surface area contributed by atoms with E-state index in [9.17, 15) is 0 Å². The molecule has 0 spiro atoms. The van der Waals surface area contributed by atoms with Crippen LogP contribution in [0.3, 0.4) is 0 Å². The van der Waals surface area contributed by atoms with Gasteiger partial charge in [-0.25, -0.2) is 0 Å². The van der Waals surface area contributed by atoms with E-state index < -0.39 is 0 Å². The molecule has 0 amide bonds. The minimum absolute atomic E-state index is 0.706. The van der Waals surface area contributed by atoms with Crippen molar-refractivity contribution in [1.82, 2.24) is 5.32 Å². The van der Waals surface area contributed by atoms with Crippen LogP contribution < -0.4 is 5.32 Å². The van der Waals surface area contributed by atoms with Gasteiger partial charge in [-0.1, -0.05) is 34.6 Å². The van der Waals surface area contributed by atoms with E-state index in [1.54, 1.807) is 0 Å². The van der Waals surface area contributed by atoms with Crippen LogP contribution in [-0.2, 0) is 0 Å². The first kappa shape index (κ1) is 15.4. The van der Waals surface area contributed by atoms with Crippen LogP contribution in [0.15, 0.2) is 0 Å². The molecule has 1 nitrogen and oxygen atoms in total. The number of nitrogens with one attached hydrogen (secondary N) is 1. The monoisotopic (exact) mass is 187 g/mol. The first-order chi connectivity index (χ1) is 6.16. The Morgan fingerprint density at radius 3 is 1.92 bits per heavy atom. The highest BCUT2D eigenvalue weighted by atomic mass is 14.9. The second-order valence-corrected chi connectivity index (χ2v) is 3.83. The van der Waals surface area contributed by atoms with Crippen LogP contribution in [0, 0.1) is 5.92 Å². The Balaban J connectivity index is 0. The van der Waals surface area contributed by atoms with Gasteiger partial charge in [0.2, 0.25) is 0 Å². The highest BCUT2D eigenvalue weighted by Crippen LogP contribution is 2.05. The molecular formula is C12H29N. The minimum Gasteiger partial charge on any atom is -0.314 e. The maximum atomic E-state index is 3.49. The minimum atomic E-state index is 0.706. The summed E-state index contributed by atoms with van der Waals surface area (Å²) >= 11 is 0. The smallest absolute Gasteiger partial charge is 0.00388 e. The first-order valence-corrected chi connectivity index (χ1v) is 5.90. The first-order valence-electron chi connectivity index (χ1n) is 5.90. The van der Waals surface area contributed by atoms with Crippen LogP contribution in [0.5, 0.6) is 0 Å². The van der Waals surface area contributed by atoms with Crippen molar-refractivity contribution >= 4 is 0 Å². The van der Waals surface area contributed by atoms with Crippen molar-refractivity contribution < 1.29 is 0 Å². The van der Waals surface area contributed by atoms with Crippen LogP contribution in [0.4, 0.5) is 0 Å². The van der Waals surface area contributed by atoms with Crippen molar-refractivity contribution in [2.45, 2.75) is 66.8 Å². The van der Waals surface area contributed by atoms with Crippen LogP contribution in [0.25, 0.3) is 0 Å². The normalized spacial score (nSPS) is 12.2. The van der Waals surface area contributed by atoms with E-state index in [0.717, 1.165) is 5.92 Å². The van der Waals surface area contributed by atoms with E-state index in [1.165, 1.54) is 25.8 Å². The van der Waals surface area contributed by atoms with Crippen molar-refractivity contribution in [2.75, 3.05) is 6.54 Å². The maximum Gasteiger partial charge on any atom is 0.00388 e. The zero-order valence-corrected chi connectivity index (χ0v) is 10.5. The van der Waals surface area contributed by atoms with Crippen molar-refractivity contribution in [1.29, 1.82) is 0 Å². The third kappa shape index (κ3) is 14.8. The number of hydrogen-bond donors (Lipinski definition) is 1. The van der Waals surface area contributed by atoms with Gasteiger partial charge in [-0.05, 0) is 38.6 Å². The third-order valence-electron chi connectivity index (χ3n) is 1.92. The van der Waals surface area contributed by atoms with E-state index in [-0.39, 0.29) is 0 Å². The Labute approximate surface area is 85.3 Å². The largest absolute Gasteiger partial charge is 0.314 e. The molecule has 0 aromatic rings. The summed E-state index contributed by atoms with van der Waals surface area (Å²) in [7, 11) is 0. The molecule has 0 aliphatic heterocycles. The van der Waals surface area contributed by atoms with Crippen LogP contribution in [-0.4, -0.2) is 12.6 Å². The molecule has 1 atom stereocenters. The topological polar surface area (TPSA) is 12.0 Å². The molecule has 82 valence electrons. The third-order valence-corrected chi connectivity index (χ3v) is 1.92. The van der Waals surface area contributed by atoms with Gasteiger partial charge in [0.05, 0.1) is 0 Å². The molecule has 0 saturated heterocycles. The van der Waals surface area contributed by atoms with Gasteiger partial charge in [0.1, 0.15) is 0 Å². The quantitative estimate of drug-likeness (QED) is 0.666. The van der Waals surface area contributed by atoms with E-state index in [1.807, 2.05) is 13.8 Å². The fourth-order valence-electron chi connectivity index (χ4n) is 1.08. The standard InChI is InChI=1S/C10H23N.C2H6/c1-5-8-11-10(4)7-6-9(2)3;1-2/h9-11H,5-8H2,1-4H3;1-2H3. The molecule has 0 bridgehead atoms. The van der Waals surface area contributed by atoms with Gasteiger partial charge in [0.25, 0.3) is 0 Å². The number of hydrogen-bond acceptors (Lipinski definition) is 1. The Morgan fingerprint density at radius 2 is 1.54 bits per heavy atom. The Kier molecular flexibility index (Phi) is 14.2. The molecule has 0 aromatic heterocycles. The number of rotatable bonds is 6. The van der Waals surface area contributed by atoms with Crippen molar-refractivity contribution in [2.24, 2.45) is 5.92 Å². The van der Waals surface area contributed by atoms with Gasteiger partial charge in [-0.2, -0.15) is 0 Å². The summed E-state index contributed by atoms with van der Waals surface area (Å²) in [5.74, 6) is 0.848. The Hall–Kier alpha value is -0.0400. The fraction of sp³-hybridized carbons (Fsp3) is 1.00. The highest BCUT2D eigenvalue weighted by molar-refractivity contribution is 4.60. The van der Waals surface area contributed by atoms with Crippen molar-refractivity contribution in [3.05, 3.63) is 0 Å². The van der Waals surface area contributed by atoms with Crippen molar-refractivity contribution in [3.8, 4) is 0 Å². The SMILES string of the molecule is CC.CCCNC(C)CCC(C)C. The molecule has 0 radical (unpaired) electrons. The lowest BCUT2D eigenvalue weighted by atomic mass is 10.0. The van der Waals surface area contributed by atoms with Gasteiger partial charge in [0, 0.05) is 6.04 Å². The summed E-state index contributed by atoms with van der Waals surface area (Å²) in [6.45, 7) is 14.2. The predicted octanol–water partition coefficient (Wildman–Crippen LogP) is 3.84. The van der Waals surface area contributed by atoms with E-state index in [2.05, 4.69) is 33.0 Å². The summed E-state index contributed by atoms with van der Waals surface area (Å²) in [4.78, 5) is 0. The molecule has 0 heterocycles. The molecule has 0 aliphatic rings. The lowest BCUT2D eigenvalue weighted by molar-refractivity contribution is 0.452. The molecule has 1 N–H and O–H groups in total. The zero-order chi connectivity index (χ0) is 10.7. The summed E-state index contributed by atoms with van der Waals surface area (Å²) in [5, 5.41) is 3.49. The summed E-state index contributed by atoms with van der Waals surface area (Å²) in [5.41, 5.74) is 0. The lowest BCUT2D eigenvalue weighted by Crippen LogP contribution is -2.26. The van der Waals surface area contributed by atoms with Crippen LogP contribution >= 0.6 is 0 Å². The molecule has 0 rings (SSSR count). The van der Waals surface area contributed by atoms with Crippen LogP contribution in [0.2, 0.25) is 0 Å². The van der Waals surface area contributed by atoms with E-state index in [4.69, 9.17) is 0 Å². The molecule has 0 saturated carbocycles. The summed E-state index contributed by atoms with van der Waals surface area (Å²) in [6.07, 6.45) is 3.90. The highest BCUT2D eigenvalue weighted by Gasteiger charge is 2.01. The molecule has 1 heteroatoms. The van der Waals surface area contributed by atoms with Gasteiger partial charge in [-0.15, -0.1) is 0 Å². The zero-order valence-electron chi connectivity index (χ0n) is 10.5. The maximum absolute atomic E-state index is 3.49. The average Bonchev–Trinajstić information content (AvgIpc) is 2.14.